The van der Waals surface area contributed by atoms with E-state index in [2.05, 4.69) is 12.2 Å². The minimum Gasteiger partial charge on any atom is -0.497 e. The number of methoxy groups -OCH3 is 1. The van der Waals surface area contributed by atoms with Crippen LogP contribution in [0.3, 0.4) is 0 Å². The van der Waals surface area contributed by atoms with E-state index in [4.69, 9.17) is 4.74 Å². The average Bonchev–Trinajstić information content (AvgIpc) is 2.38. The lowest BCUT2D eigenvalue weighted by molar-refractivity contribution is 0.413. The van der Waals surface area contributed by atoms with Crippen molar-refractivity contribution < 1.29 is 8.95 Å². The monoisotopic (exact) mass is 255 g/mol. The van der Waals surface area contributed by atoms with Gasteiger partial charge in [0.05, 0.1) is 17.9 Å². The fourth-order valence-electron chi connectivity index (χ4n) is 1.68. The summed E-state index contributed by atoms with van der Waals surface area (Å²) < 4.78 is 17.3. The Kier molecular flexibility index (Phi) is 6.22. The second kappa shape index (κ2) is 7.45. The summed E-state index contributed by atoms with van der Waals surface area (Å²) in [6.07, 6.45) is 2.15. The van der Waals surface area contributed by atoms with Gasteiger partial charge in [-0.3, -0.25) is 4.21 Å². The van der Waals surface area contributed by atoms with Gasteiger partial charge in [-0.1, -0.05) is 19.4 Å². The molecule has 0 saturated carbocycles. The Morgan fingerprint density at radius 2 is 2.24 bits per heavy atom. The van der Waals surface area contributed by atoms with E-state index in [9.17, 15) is 4.21 Å². The Morgan fingerprint density at radius 1 is 1.47 bits per heavy atom. The molecule has 1 N–H and O–H groups in total. The molecule has 2 atom stereocenters. The molecule has 1 aromatic carbocycles. The van der Waals surface area contributed by atoms with Gasteiger partial charge in [0, 0.05) is 16.7 Å². The summed E-state index contributed by atoms with van der Waals surface area (Å²) in [5, 5.41) is 3.21. The van der Waals surface area contributed by atoms with Gasteiger partial charge in [-0.05, 0) is 31.7 Å². The SMILES string of the molecule is CCCC(CS(=O)c1cccc(OC)c1)NC. The van der Waals surface area contributed by atoms with Crippen LogP contribution < -0.4 is 10.1 Å². The second-order valence-electron chi connectivity index (χ2n) is 3.97. The Balaban J connectivity index is 2.68. The number of nitrogens with one attached hydrogen (secondary N) is 1. The zero-order valence-electron chi connectivity index (χ0n) is 10.7. The third-order valence-electron chi connectivity index (χ3n) is 2.70. The van der Waals surface area contributed by atoms with Gasteiger partial charge in [0.1, 0.15) is 5.75 Å². The topological polar surface area (TPSA) is 38.3 Å². The van der Waals surface area contributed by atoms with Crippen molar-refractivity contribution in [3.05, 3.63) is 24.3 Å². The van der Waals surface area contributed by atoms with Crippen molar-refractivity contribution in [1.29, 1.82) is 0 Å². The van der Waals surface area contributed by atoms with Crippen molar-refractivity contribution in [2.75, 3.05) is 19.9 Å². The maximum absolute atomic E-state index is 12.2. The summed E-state index contributed by atoms with van der Waals surface area (Å²) in [7, 11) is 2.57. The molecule has 0 spiro atoms. The maximum atomic E-state index is 12.2. The summed E-state index contributed by atoms with van der Waals surface area (Å²) >= 11 is 0. The van der Waals surface area contributed by atoms with E-state index in [0.29, 0.717) is 11.8 Å². The van der Waals surface area contributed by atoms with Gasteiger partial charge in [0.2, 0.25) is 0 Å². The molecule has 0 amide bonds. The third-order valence-corrected chi connectivity index (χ3v) is 4.19. The molecule has 0 aromatic heterocycles. The highest BCUT2D eigenvalue weighted by molar-refractivity contribution is 7.85. The van der Waals surface area contributed by atoms with Crippen LogP contribution in [-0.2, 0) is 10.8 Å². The highest BCUT2D eigenvalue weighted by Crippen LogP contribution is 2.16. The number of hydrogen-bond acceptors (Lipinski definition) is 3. The highest BCUT2D eigenvalue weighted by atomic mass is 32.2. The predicted octanol–water partition coefficient (Wildman–Crippen LogP) is 2.19. The predicted molar refractivity (Wildman–Crippen MR) is 72.0 cm³/mol. The molecule has 96 valence electrons. The number of benzene rings is 1. The van der Waals surface area contributed by atoms with Gasteiger partial charge in [0.15, 0.2) is 0 Å². The largest absolute Gasteiger partial charge is 0.497 e. The van der Waals surface area contributed by atoms with E-state index in [-0.39, 0.29) is 0 Å². The zero-order valence-corrected chi connectivity index (χ0v) is 11.5. The van der Waals surface area contributed by atoms with Gasteiger partial charge in [0.25, 0.3) is 0 Å². The molecule has 0 aliphatic heterocycles. The van der Waals surface area contributed by atoms with Gasteiger partial charge >= 0.3 is 0 Å². The molecule has 0 heterocycles. The van der Waals surface area contributed by atoms with E-state index in [1.54, 1.807) is 7.11 Å². The fourth-order valence-corrected chi connectivity index (χ4v) is 3.05. The van der Waals surface area contributed by atoms with Crippen LogP contribution in [0.2, 0.25) is 0 Å². The van der Waals surface area contributed by atoms with E-state index in [0.717, 1.165) is 23.5 Å². The Hall–Kier alpha value is -0.870. The van der Waals surface area contributed by atoms with E-state index in [1.165, 1.54) is 0 Å². The summed E-state index contributed by atoms with van der Waals surface area (Å²) in [5.41, 5.74) is 0. The van der Waals surface area contributed by atoms with E-state index in [1.807, 2.05) is 31.3 Å². The molecule has 0 aliphatic carbocycles. The first-order chi connectivity index (χ1) is 8.21. The molecule has 0 fully saturated rings. The number of ether oxygens (including phenoxy) is 1. The summed E-state index contributed by atoms with van der Waals surface area (Å²) in [6.45, 7) is 2.14. The Morgan fingerprint density at radius 3 is 2.82 bits per heavy atom. The minimum absolute atomic E-state index is 0.312. The molecule has 17 heavy (non-hydrogen) atoms. The van der Waals surface area contributed by atoms with Crippen molar-refractivity contribution in [3.63, 3.8) is 0 Å². The average molecular weight is 255 g/mol. The van der Waals surface area contributed by atoms with Gasteiger partial charge in [-0.15, -0.1) is 0 Å². The van der Waals surface area contributed by atoms with Gasteiger partial charge in [-0.2, -0.15) is 0 Å². The smallest absolute Gasteiger partial charge is 0.120 e. The molecule has 0 aliphatic rings. The Labute approximate surface area is 106 Å². The van der Waals surface area contributed by atoms with E-state index < -0.39 is 10.8 Å². The molecule has 1 rings (SSSR count). The quantitative estimate of drug-likeness (QED) is 0.811. The van der Waals surface area contributed by atoms with Crippen molar-refractivity contribution in [2.24, 2.45) is 0 Å². The number of hydrogen-bond donors (Lipinski definition) is 1. The van der Waals surface area contributed by atoms with Crippen molar-refractivity contribution in [3.8, 4) is 5.75 Å². The summed E-state index contributed by atoms with van der Waals surface area (Å²) in [5.74, 6) is 1.41. The van der Waals surface area contributed by atoms with Crippen molar-refractivity contribution in [2.45, 2.75) is 30.7 Å². The minimum atomic E-state index is -0.969. The molecule has 2 unspecified atom stereocenters. The fraction of sp³-hybridized carbons (Fsp3) is 0.538. The maximum Gasteiger partial charge on any atom is 0.120 e. The van der Waals surface area contributed by atoms with Crippen LogP contribution in [0, 0.1) is 0 Å². The molecule has 3 nitrogen and oxygen atoms in total. The van der Waals surface area contributed by atoms with Crippen LogP contribution in [0.4, 0.5) is 0 Å². The summed E-state index contributed by atoms with van der Waals surface area (Å²) in [4.78, 5) is 0.834. The molecule has 4 heteroatoms. The van der Waals surface area contributed by atoms with E-state index >= 15 is 0 Å². The molecule has 0 bridgehead atoms. The number of rotatable bonds is 7. The first kappa shape index (κ1) is 14.2. The molecular formula is C13H21NO2S. The van der Waals surface area contributed by atoms with Crippen LogP contribution in [-0.4, -0.2) is 30.2 Å². The summed E-state index contributed by atoms with van der Waals surface area (Å²) in [6, 6.07) is 7.78. The highest BCUT2D eigenvalue weighted by Gasteiger charge is 2.12. The lowest BCUT2D eigenvalue weighted by atomic mass is 10.2. The van der Waals surface area contributed by atoms with Crippen molar-refractivity contribution in [1.82, 2.24) is 5.32 Å². The van der Waals surface area contributed by atoms with Crippen LogP contribution >= 0.6 is 0 Å². The van der Waals surface area contributed by atoms with Crippen molar-refractivity contribution >= 4 is 10.8 Å². The molecule has 0 saturated heterocycles. The first-order valence-corrected chi connectivity index (χ1v) is 7.22. The standard InChI is InChI=1S/C13H21NO2S/c1-4-6-11(14-2)10-17(15)13-8-5-7-12(9-13)16-3/h5,7-9,11,14H,4,6,10H2,1-3H3. The molecular weight excluding hydrogens is 234 g/mol. The third kappa shape index (κ3) is 4.48. The van der Waals surface area contributed by atoms with Gasteiger partial charge < -0.3 is 10.1 Å². The van der Waals surface area contributed by atoms with Crippen LogP contribution in [0.15, 0.2) is 29.2 Å². The molecule has 0 radical (unpaired) electrons. The first-order valence-electron chi connectivity index (χ1n) is 5.91. The normalized spacial score (nSPS) is 14.3. The zero-order chi connectivity index (χ0) is 12.7. The van der Waals surface area contributed by atoms with Crippen LogP contribution in [0.5, 0.6) is 5.75 Å². The lowest BCUT2D eigenvalue weighted by Crippen LogP contribution is -2.30. The van der Waals surface area contributed by atoms with Crippen LogP contribution in [0.25, 0.3) is 0 Å². The molecule has 1 aromatic rings. The second-order valence-corrected chi connectivity index (χ2v) is 5.46. The lowest BCUT2D eigenvalue weighted by Gasteiger charge is -2.14. The van der Waals surface area contributed by atoms with Gasteiger partial charge in [-0.25, -0.2) is 0 Å². The van der Waals surface area contributed by atoms with Crippen LogP contribution in [0.1, 0.15) is 19.8 Å². The Bertz CT molecular complexity index is 368.